The van der Waals surface area contributed by atoms with Crippen molar-refractivity contribution < 1.29 is 0 Å². The Morgan fingerprint density at radius 1 is 1.05 bits per heavy atom. The van der Waals surface area contributed by atoms with Crippen LogP contribution in [-0.4, -0.2) is 14.8 Å². The van der Waals surface area contributed by atoms with Crippen LogP contribution in [0.15, 0.2) is 42.5 Å². The highest BCUT2D eigenvalue weighted by Gasteiger charge is 2.19. The molecule has 0 N–H and O–H groups in total. The lowest BCUT2D eigenvalue weighted by Gasteiger charge is -2.15. The molecule has 1 atom stereocenters. The molecule has 2 aromatic heterocycles. The highest BCUT2D eigenvalue weighted by molar-refractivity contribution is 7.16. The molecule has 0 amide bonds. The van der Waals surface area contributed by atoms with E-state index in [1.165, 1.54) is 11.3 Å². The van der Waals surface area contributed by atoms with Crippen molar-refractivity contribution in [1.82, 2.24) is 14.8 Å². The van der Waals surface area contributed by atoms with E-state index in [0.29, 0.717) is 5.28 Å². The van der Waals surface area contributed by atoms with Gasteiger partial charge in [0.2, 0.25) is 5.28 Å². The molecule has 3 rings (SSSR count). The maximum Gasteiger partial charge on any atom is 0.225 e. The van der Waals surface area contributed by atoms with Gasteiger partial charge < -0.3 is 0 Å². The number of hydrogen-bond acceptors (Lipinski definition) is 3. The number of halogens is 2. The van der Waals surface area contributed by atoms with Gasteiger partial charge in [-0.15, -0.1) is 21.5 Å². The van der Waals surface area contributed by atoms with E-state index in [-0.39, 0.29) is 6.04 Å². The minimum atomic E-state index is 0.0326. The van der Waals surface area contributed by atoms with E-state index in [0.717, 1.165) is 20.6 Å². The second-order valence-corrected chi connectivity index (χ2v) is 6.43. The van der Waals surface area contributed by atoms with E-state index in [4.69, 9.17) is 23.2 Å². The first-order valence-electron chi connectivity index (χ1n) is 6.08. The smallest absolute Gasteiger partial charge is 0.225 e. The van der Waals surface area contributed by atoms with Crippen LogP contribution in [-0.2, 0) is 0 Å². The molecule has 102 valence electrons. The molecule has 0 aliphatic carbocycles. The van der Waals surface area contributed by atoms with Crippen molar-refractivity contribution >= 4 is 34.5 Å². The van der Waals surface area contributed by atoms with Crippen LogP contribution in [0.25, 0.3) is 11.4 Å². The first kappa shape index (κ1) is 13.6. The molecule has 0 aliphatic heterocycles. The standard InChI is InChI=1S/C14H11Cl2N3S/c1-9(11-7-8-12(15)20-11)19-13(17-18-14(19)16)10-5-3-2-4-6-10/h2-9H,1H3. The predicted octanol–water partition coefficient (Wildman–Crippen LogP) is 4.92. The quantitative estimate of drug-likeness (QED) is 0.684. The van der Waals surface area contributed by atoms with Crippen molar-refractivity contribution in [2.45, 2.75) is 13.0 Å². The molecule has 1 unspecified atom stereocenters. The van der Waals surface area contributed by atoms with Crippen molar-refractivity contribution in [2.24, 2.45) is 0 Å². The molecular weight excluding hydrogens is 313 g/mol. The van der Waals surface area contributed by atoms with E-state index in [2.05, 4.69) is 17.1 Å². The first-order chi connectivity index (χ1) is 9.66. The first-order valence-corrected chi connectivity index (χ1v) is 7.65. The van der Waals surface area contributed by atoms with Crippen LogP contribution in [0, 0.1) is 0 Å². The van der Waals surface area contributed by atoms with Crippen LogP contribution in [0.1, 0.15) is 17.8 Å². The molecule has 0 radical (unpaired) electrons. The molecule has 1 aromatic carbocycles. The van der Waals surface area contributed by atoms with Gasteiger partial charge in [-0.25, -0.2) is 0 Å². The summed E-state index contributed by atoms with van der Waals surface area (Å²) in [6.07, 6.45) is 0. The Balaban J connectivity index is 2.08. The molecule has 0 fully saturated rings. The Kier molecular flexibility index (Phi) is 3.78. The van der Waals surface area contributed by atoms with Gasteiger partial charge >= 0.3 is 0 Å². The highest BCUT2D eigenvalue weighted by Crippen LogP contribution is 2.33. The van der Waals surface area contributed by atoms with Gasteiger partial charge in [0.05, 0.1) is 10.4 Å². The summed E-state index contributed by atoms with van der Waals surface area (Å²) < 4.78 is 2.68. The van der Waals surface area contributed by atoms with Crippen molar-refractivity contribution in [3.05, 3.63) is 57.0 Å². The number of benzene rings is 1. The van der Waals surface area contributed by atoms with Gasteiger partial charge in [0, 0.05) is 10.4 Å². The van der Waals surface area contributed by atoms with E-state index >= 15 is 0 Å². The zero-order valence-corrected chi connectivity index (χ0v) is 13.0. The Hall–Kier alpha value is -1.36. The number of rotatable bonds is 3. The third-order valence-electron chi connectivity index (χ3n) is 3.08. The lowest BCUT2D eigenvalue weighted by Crippen LogP contribution is -2.07. The van der Waals surface area contributed by atoms with E-state index in [9.17, 15) is 0 Å². The largest absolute Gasteiger partial charge is 0.290 e. The van der Waals surface area contributed by atoms with Crippen LogP contribution in [0.5, 0.6) is 0 Å². The van der Waals surface area contributed by atoms with Gasteiger partial charge in [-0.3, -0.25) is 4.57 Å². The van der Waals surface area contributed by atoms with E-state index in [1.54, 1.807) is 0 Å². The van der Waals surface area contributed by atoms with Crippen LogP contribution >= 0.6 is 34.5 Å². The maximum atomic E-state index is 6.21. The summed E-state index contributed by atoms with van der Waals surface area (Å²) in [6, 6.07) is 13.8. The molecule has 2 heterocycles. The molecule has 0 bridgehead atoms. The minimum Gasteiger partial charge on any atom is -0.290 e. The van der Waals surface area contributed by atoms with Gasteiger partial charge in [0.1, 0.15) is 0 Å². The normalized spacial score (nSPS) is 12.6. The third-order valence-corrected chi connectivity index (χ3v) is 4.74. The molecule has 3 aromatic rings. The lowest BCUT2D eigenvalue weighted by atomic mass is 10.2. The average molecular weight is 324 g/mol. The zero-order valence-electron chi connectivity index (χ0n) is 10.6. The summed E-state index contributed by atoms with van der Waals surface area (Å²) in [7, 11) is 0. The second kappa shape index (κ2) is 5.56. The molecular formula is C14H11Cl2N3S. The second-order valence-electron chi connectivity index (χ2n) is 4.35. The molecule has 0 saturated heterocycles. The van der Waals surface area contributed by atoms with Gasteiger partial charge in [-0.2, -0.15) is 0 Å². The number of aromatic nitrogens is 3. The SMILES string of the molecule is CC(c1ccc(Cl)s1)n1c(Cl)nnc1-c1ccccc1. The van der Waals surface area contributed by atoms with Gasteiger partial charge in [0.25, 0.3) is 0 Å². The van der Waals surface area contributed by atoms with Gasteiger partial charge in [-0.05, 0) is 30.7 Å². The predicted molar refractivity (Wildman–Crippen MR) is 83.6 cm³/mol. The lowest BCUT2D eigenvalue weighted by molar-refractivity contribution is 0.655. The van der Waals surface area contributed by atoms with Crippen molar-refractivity contribution in [3.63, 3.8) is 0 Å². The fourth-order valence-corrected chi connectivity index (χ4v) is 3.45. The molecule has 0 saturated carbocycles. The Bertz CT molecular complexity index is 721. The molecule has 0 spiro atoms. The summed E-state index contributed by atoms with van der Waals surface area (Å²) in [5.74, 6) is 0.757. The monoisotopic (exact) mass is 323 g/mol. The number of thiophene rings is 1. The zero-order chi connectivity index (χ0) is 14.1. The number of nitrogens with zero attached hydrogens (tertiary/aromatic N) is 3. The fraction of sp³-hybridized carbons (Fsp3) is 0.143. The van der Waals surface area contributed by atoms with Crippen molar-refractivity contribution in [3.8, 4) is 11.4 Å². The molecule has 0 aliphatic rings. The Labute approximate surface area is 130 Å². The summed E-state index contributed by atoms with van der Waals surface area (Å²) in [6.45, 7) is 2.06. The molecule has 20 heavy (non-hydrogen) atoms. The Morgan fingerprint density at radius 3 is 2.45 bits per heavy atom. The summed E-state index contributed by atoms with van der Waals surface area (Å²) in [5.41, 5.74) is 0.987. The van der Waals surface area contributed by atoms with Crippen molar-refractivity contribution in [1.29, 1.82) is 0 Å². The van der Waals surface area contributed by atoms with E-state index < -0.39 is 0 Å². The Morgan fingerprint density at radius 2 is 1.80 bits per heavy atom. The number of hydrogen-bond donors (Lipinski definition) is 0. The summed E-state index contributed by atoms with van der Waals surface area (Å²) in [5, 5.41) is 8.56. The average Bonchev–Trinajstić information content (AvgIpc) is 3.05. The summed E-state index contributed by atoms with van der Waals surface area (Å²) in [4.78, 5) is 1.12. The van der Waals surface area contributed by atoms with Crippen LogP contribution in [0.2, 0.25) is 9.62 Å². The highest BCUT2D eigenvalue weighted by atomic mass is 35.5. The topological polar surface area (TPSA) is 30.7 Å². The maximum absolute atomic E-state index is 6.21. The van der Waals surface area contributed by atoms with Crippen LogP contribution in [0.3, 0.4) is 0 Å². The van der Waals surface area contributed by atoms with Crippen LogP contribution < -0.4 is 0 Å². The summed E-state index contributed by atoms with van der Waals surface area (Å²) >= 11 is 13.8. The minimum absolute atomic E-state index is 0.0326. The van der Waals surface area contributed by atoms with Crippen molar-refractivity contribution in [2.75, 3.05) is 0 Å². The van der Waals surface area contributed by atoms with Gasteiger partial charge in [-0.1, -0.05) is 41.9 Å². The van der Waals surface area contributed by atoms with Gasteiger partial charge in [0.15, 0.2) is 5.82 Å². The fourth-order valence-electron chi connectivity index (χ4n) is 2.08. The molecule has 3 nitrogen and oxygen atoms in total. The third kappa shape index (κ3) is 2.46. The van der Waals surface area contributed by atoms with Crippen LogP contribution in [0.4, 0.5) is 0 Å². The molecule has 6 heteroatoms. The van der Waals surface area contributed by atoms with E-state index in [1.807, 2.05) is 47.0 Å².